The summed E-state index contributed by atoms with van der Waals surface area (Å²) in [6, 6.07) is 0. The van der Waals surface area contributed by atoms with Gasteiger partial charge in [-0.3, -0.25) is 0 Å². The molecule has 0 heterocycles. The van der Waals surface area contributed by atoms with E-state index >= 15 is 0 Å². The van der Waals surface area contributed by atoms with E-state index in [1.807, 2.05) is 0 Å². The molecule has 0 radical (unpaired) electrons. The standard InChI is InChI=1S/CH2Cl2.CH2O3.Na/c2-1-3;2-1(3)4;/h1H2;(H2,2,3,4);/q;;+1/p-1. The maximum Gasteiger partial charge on any atom is 1.00 e. The van der Waals surface area contributed by atoms with Crippen LogP contribution in [-0.4, -0.2) is 11.5 Å². The third kappa shape index (κ3) is 324. The van der Waals surface area contributed by atoms with Crippen LogP contribution in [0.4, 0.5) is 4.79 Å². The van der Waals surface area contributed by atoms with Crippen LogP contribution in [0.2, 0.25) is 0 Å². The number of carbonyl (C=O) groups excluding carboxylic acids is 1. The Kier molecular flexibility index (Phi) is 31.2. The zero-order valence-corrected chi connectivity index (χ0v) is 7.70. The normalized spacial score (nSPS) is 5.25. The number of hydrogen-bond donors (Lipinski definition) is 0. The molecule has 0 unspecified atom stereocenters. The van der Waals surface area contributed by atoms with E-state index in [2.05, 4.69) is 0 Å². The molecule has 0 aliphatic carbocycles. The van der Waals surface area contributed by atoms with Gasteiger partial charge in [-0.1, -0.05) is 0 Å². The minimum absolute atomic E-state index is 0. The molecule has 0 aliphatic heterocycles. The molecule has 0 saturated carbocycles. The molecular formula is C2H3Cl2NaO3. The molecule has 44 valence electrons. The molecular weight excluding hydrogens is 166 g/mol. The first-order valence-corrected chi connectivity index (χ1v) is 2.22. The molecule has 8 heavy (non-hydrogen) atoms. The van der Waals surface area contributed by atoms with Crippen LogP contribution in [0, 0.1) is 0 Å². The maximum absolute atomic E-state index is 8.33. The van der Waals surface area contributed by atoms with Gasteiger partial charge in [0.1, 0.15) is 0 Å². The summed E-state index contributed by atoms with van der Waals surface area (Å²) in [5, 5.41) is 16.9. The van der Waals surface area contributed by atoms with E-state index in [-0.39, 0.29) is 36.3 Å². The number of alkyl halides is 2. The topological polar surface area (TPSA) is 63.2 Å². The fraction of sp³-hybridized carbons (Fsp3) is 0.500. The molecule has 0 atom stereocenters. The Labute approximate surface area is 80.4 Å². The quantitative estimate of drug-likeness (QED) is 0.275. The summed E-state index contributed by atoms with van der Waals surface area (Å²) in [6.45, 7) is 0. The SMILES string of the molecule is ClCCl.O=C([O-])[O-].[H+].[Na+]. The molecule has 0 N–H and O–H groups in total. The molecule has 0 fully saturated rings. The van der Waals surface area contributed by atoms with Gasteiger partial charge in [-0.25, -0.2) is 0 Å². The molecule has 0 spiro atoms. The summed E-state index contributed by atoms with van der Waals surface area (Å²) < 4.78 is 0. The molecule has 0 aliphatic rings. The first kappa shape index (κ1) is 15.9. The van der Waals surface area contributed by atoms with Gasteiger partial charge in [0.15, 0.2) is 0 Å². The number of carbonyl (C=O) groups is 1. The molecule has 0 saturated heterocycles. The Bertz CT molecular complexity index is 51.1. The Morgan fingerprint density at radius 1 is 1.50 bits per heavy atom. The first-order valence-electron chi connectivity index (χ1n) is 1.15. The van der Waals surface area contributed by atoms with Gasteiger partial charge in [0.05, 0.1) is 5.34 Å². The van der Waals surface area contributed by atoms with Crippen LogP contribution >= 0.6 is 23.2 Å². The van der Waals surface area contributed by atoms with Crippen LogP contribution in [0.5, 0.6) is 0 Å². The minimum atomic E-state index is -2.33. The van der Waals surface area contributed by atoms with Crippen LogP contribution in [-0.2, 0) is 0 Å². The van der Waals surface area contributed by atoms with Gasteiger partial charge in [0.25, 0.3) is 0 Å². The smallest absolute Gasteiger partial charge is 0.652 e. The Morgan fingerprint density at radius 2 is 1.50 bits per heavy atom. The van der Waals surface area contributed by atoms with Gasteiger partial charge in [0.2, 0.25) is 0 Å². The fourth-order valence-corrected chi connectivity index (χ4v) is 0. The van der Waals surface area contributed by atoms with Crippen molar-refractivity contribution in [3.8, 4) is 0 Å². The van der Waals surface area contributed by atoms with Crippen molar-refractivity contribution in [2.75, 3.05) is 5.34 Å². The Morgan fingerprint density at radius 3 is 1.50 bits per heavy atom. The summed E-state index contributed by atoms with van der Waals surface area (Å²) in [5.74, 6) is 0. The van der Waals surface area contributed by atoms with Crippen molar-refractivity contribution in [3.05, 3.63) is 0 Å². The second-order valence-corrected chi connectivity index (χ2v) is 1.16. The van der Waals surface area contributed by atoms with E-state index in [0.29, 0.717) is 0 Å². The van der Waals surface area contributed by atoms with Crippen LogP contribution < -0.4 is 39.8 Å². The number of rotatable bonds is 0. The molecule has 0 bridgehead atoms. The average Bonchev–Trinajstić information content (AvgIpc) is 1.33. The molecule has 0 rings (SSSR count). The van der Waals surface area contributed by atoms with Gasteiger partial charge in [-0.2, -0.15) is 0 Å². The van der Waals surface area contributed by atoms with Crippen molar-refractivity contribution in [3.63, 3.8) is 0 Å². The van der Waals surface area contributed by atoms with E-state index in [1.165, 1.54) is 0 Å². The maximum atomic E-state index is 8.33. The van der Waals surface area contributed by atoms with Crippen molar-refractivity contribution in [2.45, 2.75) is 0 Å². The van der Waals surface area contributed by atoms with Crippen LogP contribution in [0.1, 0.15) is 1.43 Å². The first-order chi connectivity index (χ1) is 3.15. The van der Waals surface area contributed by atoms with Gasteiger partial charge in [-0.15, -0.1) is 23.2 Å². The van der Waals surface area contributed by atoms with Crippen molar-refractivity contribution >= 4 is 29.4 Å². The number of hydrogen-bond acceptors (Lipinski definition) is 3. The number of halogens is 2. The van der Waals surface area contributed by atoms with Gasteiger partial charge < -0.3 is 15.0 Å². The largest absolute Gasteiger partial charge is 1.00 e. The molecule has 0 aromatic carbocycles. The van der Waals surface area contributed by atoms with Crippen molar-refractivity contribution in [1.29, 1.82) is 0 Å². The van der Waals surface area contributed by atoms with Crippen LogP contribution in [0.25, 0.3) is 0 Å². The second kappa shape index (κ2) is 15.7. The van der Waals surface area contributed by atoms with Crippen molar-refractivity contribution in [1.82, 2.24) is 0 Å². The summed E-state index contributed by atoms with van der Waals surface area (Å²) in [6.07, 6.45) is -2.33. The summed E-state index contributed by atoms with van der Waals surface area (Å²) in [5.41, 5.74) is 0. The molecule has 3 nitrogen and oxygen atoms in total. The van der Waals surface area contributed by atoms with Gasteiger partial charge in [-0.05, 0) is 6.16 Å². The van der Waals surface area contributed by atoms with Crippen molar-refractivity contribution in [2.24, 2.45) is 0 Å². The van der Waals surface area contributed by atoms with Crippen LogP contribution in [0.3, 0.4) is 0 Å². The zero-order valence-electron chi connectivity index (χ0n) is 5.19. The average molecular weight is 169 g/mol. The third-order valence-electron chi connectivity index (χ3n) is 0. The molecule has 0 aromatic heterocycles. The third-order valence-corrected chi connectivity index (χ3v) is 0. The molecule has 0 aromatic rings. The summed E-state index contributed by atoms with van der Waals surface area (Å²) >= 11 is 9.53. The Hall–Kier alpha value is 0.850. The minimum Gasteiger partial charge on any atom is -0.652 e. The molecule has 0 amide bonds. The van der Waals surface area contributed by atoms with Gasteiger partial charge in [0, 0.05) is 0 Å². The fourth-order valence-electron chi connectivity index (χ4n) is 0. The van der Waals surface area contributed by atoms with E-state index in [9.17, 15) is 0 Å². The molecule has 6 heteroatoms. The summed E-state index contributed by atoms with van der Waals surface area (Å²) in [4.78, 5) is 8.33. The second-order valence-electron chi connectivity index (χ2n) is 0.351. The van der Waals surface area contributed by atoms with Gasteiger partial charge >= 0.3 is 31.0 Å². The monoisotopic (exact) mass is 168 g/mol. The van der Waals surface area contributed by atoms with E-state index in [4.69, 9.17) is 38.2 Å². The van der Waals surface area contributed by atoms with E-state index in [1.54, 1.807) is 0 Å². The van der Waals surface area contributed by atoms with E-state index < -0.39 is 6.16 Å². The predicted molar refractivity (Wildman–Crippen MR) is 23.1 cm³/mol. The Balaban J connectivity index is -0.0000000233. The predicted octanol–water partition coefficient (Wildman–Crippen LogP) is -3.91. The van der Waals surface area contributed by atoms with Crippen LogP contribution in [0.15, 0.2) is 0 Å². The van der Waals surface area contributed by atoms with Crippen molar-refractivity contribution < 1.29 is 46.0 Å². The zero-order chi connectivity index (χ0) is 6.28. The number of carboxylic acid groups (broad SMARTS) is 2. The van der Waals surface area contributed by atoms with E-state index in [0.717, 1.165) is 0 Å². The summed E-state index contributed by atoms with van der Waals surface area (Å²) in [7, 11) is 0.